The number of nitrogens with one attached hydrogen (secondary N) is 2. The molecule has 1 aliphatic rings. The molecule has 1 heterocycles. The largest absolute Gasteiger partial charge is 0.465 e. The average Bonchev–Trinajstić information content (AvgIpc) is 3.51. The maximum absolute atomic E-state index is 13.8. The summed E-state index contributed by atoms with van der Waals surface area (Å²) in [6, 6.07) is 20.6. The van der Waals surface area contributed by atoms with E-state index in [2.05, 4.69) is 10.6 Å². The van der Waals surface area contributed by atoms with E-state index in [-0.39, 0.29) is 35.8 Å². The number of carbonyl (C=O) groups is 3. The van der Waals surface area contributed by atoms with E-state index in [1.54, 1.807) is 0 Å². The van der Waals surface area contributed by atoms with Crippen molar-refractivity contribution >= 4 is 33.6 Å². The Bertz CT molecular complexity index is 1580. The molecule has 4 N–H and O–H groups in total. The first-order chi connectivity index (χ1) is 20.8. The molecular weight excluding hydrogens is 584 g/mol. The van der Waals surface area contributed by atoms with Gasteiger partial charge in [-0.25, -0.2) is 13.2 Å². The number of rotatable bonds is 11. The van der Waals surface area contributed by atoms with E-state index in [0.717, 1.165) is 21.7 Å². The van der Waals surface area contributed by atoms with E-state index in [0.29, 0.717) is 12.8 Å². The summed E-state index contributed by atoms with van der Waals surface area (Å²) in [5.41, 5.74) is 1.85. The standard InChI is InChI=1S/C32H38N4O7S/c1-21(23-13-8-5-9-14-23)33-30(38)24-18-25(20-26(19-24)35(2)44(3,42)43)31(39)34-27(17-22-11-6-4-7-12-22)29(37)28-15-10-16-36(28)32(40)41/h4-9,11-14,18-21,27-29,37H,10,15-17H2,1-3H3,(H,33,38)(H,34,39)(H,40,41). The van der Waals surface area contributed by atoms with E-state index in [4.69, 9.17) is 0 Å². The van der Waals surface area contributed by atoms with Crippen LogP contribution in [0.5, 0.6) is 0 Å². The predicted molar refractivity (Wildman–Crippen MR) is 167 cm³/mol. The van der Waals surface area contributed by atoms with Gasteiger partial charge in [0.2, 0.25) is 10.0 Å². The normalized spacial score (nSPS) is 16.9. The number of carbonyl (C=O) groups excluding carboxylic acids is 2. The van der Waals surface area contributed by atoms with E-state index >= 15 is 0 Å². The second-order valence-electron chi connectivity index (χ2n) is 11.1. The lowest BCUT2D eigenvalue weighted by atomic mass is 9.94. The van der Waals surface area contributed by atoms with Crippen molar-refractivity contribution in [3.8, 4) is 0 Å². The van der Waals surface area contributed by atoms with Crippen molar-refractivity contribution < 1.29 is 33.0 Å². The Morgan fingerprint density at radius 2 is 1.52 bits per heavy atom. The Labute approximate surface area is 257 Å². The lowest BCUT2D eigenvalue weighted by Gasteiger charge is -2.32. The number of aliphatic hydroxyl groups excluding tert-OH is 1. The van der Waals surface area contributed by atoms with Crippen molar-refractivity contribution in [2.24, 2.45) is 0 Å². The third-order valence-corrected chi connectivity index (χ3v) is 9.12. The van der Waals surface area contributed by atoms with Gasteiger partial charge in [0.25, 0.3) is 11.8 Å². The first-order valence-electron chi connectivity index (χ1n) is 14.3. The molecule has 1 saturated heterocycles. The molecule has 1 fully saturated rings. The van der Waals surface area contributed by atoms with Crippen LogP contribution in [-0.4, -0.2) is 79.5 Å². The Morgan fingerprint density at radius 1 is 0.955 bits per heavy atom. The molecule has 4 atom stereocenters. The zero-order valence-corrected chi connectivity index (χ0v) is 25.7. The minimum atomic E-state index is -3.74. The molecule has 3 amide bonds. The lowest BCUT2D eigenvalue weighted by Crippen LogP contribution is -2.54. The van der Waals surface area contributed by atoms with E-state index in [9.17, 15) is 33.0 Å². The monoisotopic (exact) mass is 622 g/mol. The highest BCUT2D eigenvalue weighted by atomic mass is 32.2. The summed E-state index contributed by atoms with van der Waals surface area (Å²) in [6.07, 6.45) is -0.128. The molecule has 0 saturated carbocycles. The van der Waals surface area contributed by atoms with Gasteiger partial charge in [0.1, 0.15) is 0 Å². The Morgan fingerprint density at radius 3 is 2.09 bits per heavy atom. The molecule has 0 radical (unpaired) electrons. The third-order valence-electron chi connectivity index (χ3n) is 7.92. The number of benzene rings is 3. The van der Waals surface area contributed by atoms with Crippen LogP contribution in [0.15, 0.2) is 78.9 Å². The number of amides is 3. The van der Waals surface area contributed by atoms with Crippen LogP contribution in [0.3, 0.4) is 0 Å². The second kappa shape index (κ2) is 13.9. The van der Waals surface area contributed by atoms with Crippen molar-refractivity contribution in [3.05, 3.63) is 101 Å². The molecule has 0 aromatic heterocycles. The van der Waals surface area contributed by atoms with Gasteiger partial charge in [-0.05, 0) is 55.5 Å². The van der Waals surface area contributed by atoms with Gasteiger partial charge in [0, 0.05) is 24.7 Å². The molecule has 0 bridgehead atoms. The Kier molecular flexibility index (Phi) is 10.3. The summed E-state index contributed by atoms with van der Waals surface area (Å²) >= 11 is 0. The van der Waals surface area contributed by atoms with Crippen molar-refractivity contribution in [2.45, 2.75) is 50.4 Å². The molecule has 4 unspecified atom stereocenters. The molecule has 4 rings (SSSR count). The second-order valence-corrected chi connectivity index (χ2v) is 13.1. The molecule has 44 heavy (non-hydrogen) atoms. The topological polar surface area (TPSA) is 156 Å². The number of carboxylic acid groups (broad SMARTS) is 1. The maximum atomic E-state index is 13.8. The van der Waals surface area contributed by atoms with Crippen LogP contribution >= 0.6 is 0 Å². The van der Waals surface area contributed by atoms with Gasteiger partial charge in [-0.1, -0.05) is 60.7 Å². The number of nitrogens with zero attached hydrogens (tertiary/aromatic N) is 2. The van der Waals surface area contributed by atoms with Gasteiger partial charge < -0.3 is 25.7 Å². The van der Waals surface area contributed by atoms with E-state index in [1.807, 2.05) is 67.6 Å². The fourth-order valence-electron chi connectivity index (χ4n) is 5.38. The van der Waals surface area contributed by atoms with Crippen molar-refractivity contribution in [1.29, 1.82) is 0 Å². The van der Waals surface area contributed by atoms with Crippen molar-refractivity contribution in [3.63, 3.8) is 0 Å². The minimum absolute atomic E-state index is 0.00212. The van der Waals surface area contributed by atoms with Gasteiger partial charge in [0.05, 0.1) is 36.2 Å². The summed E-state index contributed by atoms with van der Waals surface area (Å²) in [5, 5.41) is 26.8. The van der Waals surface area contributed by atoms with Gasteiger partial charge in [-0.15, -0.1) is 0 Å². The van der Waals surface area contributed by atoms with Crippen LogP contribution in [0.25, 0.3) is 0 Å². The third kappa shape index (κ3) is 7.94. The Balaban J connectivity index is 1.67. The SMILES string of the molecule is CC(NC(=O)c1cc(C(=O)NC(Cc2ccccc2)C(O)C2CCCN2C(=O)O)cc(N(C)S(C)(=O)=O)c1)c1ccccc1. The van der Waals surface area contributed by atoms with Gasteiger partial charge in [-0.2, -0.15) is 0 Å². The van der Waals surface area contributed by atoms with Gasteiger partial charge in [0.15, 0.2) is 0 Å². The van der Waals surface area contributed by atoms with Crippen LogP contribution in [0.1, 0.15) is 57.7 Å². The highest BCUT2D eigenvalue weighted by Crippen LogP contribution is 2.25. The molecule has 0 spiro atoms. The molecule has 11 nitrogen and oxygen atoms in total. The molecule has 234 valence electrons. The number of likely N-dealkylation sites (tertiary alicyclic amines) is 1. The number of sulfonamides is 1. The van der Waals surface area contributed by atoms with Crippen LogP contribution in [-0.2, 0) is 16.4 Å². The van der Waals surface area contributed by atoms with Crippen molar-refractivity contribution in [1.82, 2.24) is 15.5 Å². The first kappa shape index (κ1) is 32.5. The zero-order valence-electron chi connectivity index (χ0n) is 24.9. The summed E-state index contributed by atoms with van der Waals surface area (Å²) in [5.74, 6) is -1.16. The minimum Gasteiger partial charge on any atom is -0.465 e. The number of hydrogen-bond acceptors (Lipinski definition) is 6. The average molecular weight is 623 g/mol. The smallest absolute Gasteiger partial charge is 0.407 e. The van der Waals surface area contributed by atoms with Gasteiger partial charge in [-0.3, -0.25) is 13.9 Å². The molecule has 3 aromatic carbocycles. The number of anilines is 1. The summed E-state index contributed by atoms with van der Waals surface area (Å²) in [6.45, 7) is 2.09. The molecule has 0 aliphatic carbocycles. The van der Waals surface area contributed by atoms with Crippen molar-refractivity contribution in [2.75, 3.05) is 24.2 Å². The first-order valence-corrected chi connectivity index (χ1v) is 16.2. The highest BCUT2D eigenvalue weighted by Gasteiger charge is 2.38. The molecular formula is C32H38N4O7S. The van der Waals surface area contributed by atoms with Crippen LogP contribution in [0.4, 0.5) is 10.5 Å². The molecule has 12 heteroatoms. The van der Waals surface area contributed by atoms with E-state index in [1.165, 1.54) is 30.1 Å². The van der Waals surface area contributed by atoms with Crippen LogP contribution in [0.2, 0.25) is 0 Å². The van der Waals surface area contributed by atoms with E-state index < -0.39 is 46.1 Å². The fraction of sp³-hybridized carbons (Fsp3) is 0.344. The number of hydrogen-bond donors (Lipinski definition) is 4. The highest BCUT2D eigenvalue weighted by molar-refractivity contribution is 7.92. The molecule has 3 aromatic rings. The maximum Gasteiger partial charge on any atom is 0.407 e. The summed E-state index contributed by atoms with van der Waals surface area (Å²) in [4.78, 5) is 40.1. The fourth-order valence-corrected chi connectivity index (χ4v) is 5.87. The Hall–Kier alpha value is -4.42. The van der Waals surface area contributed by atoms with Crippen LogP contribution in [0, 0.1) is 0 Å². The molecule has 1 aliphatic heterocycles. The lowest BCUT2D eigenvalue weighted by molar-refractivity contribution is 0.0412. The van der Waals surface area contributed by atoms with Gasteiger partial charge >= 0.3 is 6.09 Å². The number of aliphatic hydroxyl groups is 1. The predicted octanol–water partition coefficient (Wildman–Crippen LogP) is 3.42. The zero-order chi connectivity index (χ0) is 32.0. The summed E-state index contributed by atoms with van der Waals surface area (Å²) in [7, 11) is -2.42. The summed E-state index contributed by atoms with van der Waals surface area (Å²) < 4.78 is 25.8. The quantitative estimate of drug-likeness (QED) is 0.255. The van der Waals surface area contributed by atoms with Crippen LogP contribution < -0.4 is 14.9 Å².